The van der Waals surface area contributed by atoms with Crippen molar-refractivity contribution in [2.45, 2.75) is 32.1 Å². The lowest BCUT2D eigenvalue weighted by molar-refractivity contribution is 0.527. The molecule has 2 nitrogen and oxygen atoms in total. The van der Waals surface area contributed by atoms with Crippen molar-refractivity contribution < 1.29 is 4.39 Å². The van der Waals surface area contributed by atoms with E-state index in [-0.39, 0.29) is 5.82 Å². The van der Waals surface area contributed by atoms with Crippen molar-refractivity contribution in [1.82, 2.24) is 0 Å². The molecule has 0 atom stereocenters. The minimum atomic E-state index is -0.168. The summed E-state index contributed by atoms with van der Waals surface area (Å²) in [5, 5.41) is 0. The second-order valence-corrected chi connectivity index (χ2v) is 5.22. The first-order chi connectivity index (χ1) is 8.79. The van der Waals surface area contributed by atoms with Crippen LogP contribution in [0.25, 0.3) is 0 Å². The third-order valence-electron chi connectivity index (χ3n) is 3.78. The molecule has 3 heteroatoms. The van der Waals surface area contributed by atoms with Crippen LogP contribution in [0.4, 0.5) is 10.1 Å². The monoisotopic (exact) mass is 250 g/mol. The Morgan fingerprint density at radius 3 is 2.44 bits per heavy atom. The predicted octanol–water partition coefficient (Wildman–Crippen LogP) is 3.17. The molecule has 2 N–H and O–H groups in total. The van der Waals surface area contributed by atoms with E-state index in [1.54, 1.807) is 12.1 Å². The molecule has 1 aliphatic rings. The predicted molar refractivity (Wildman–Crippen MR) is 74.2 cm³/mol. The second kappa shape index (κ2) is 6.74. The molecule has 18 heavy (non-hydrogen) atoms. The molecule has 1 aromatic rings. The summed E-state index contributed by atoms with van der Waals surface area (Å²) < 4.78 is 13.0. The SMILES string of the molecule is NCCCN(CC1CCCC1)c1ccc(F)cc1. The Labute approximate surface area is 109 Å². The van der Waals surface area contributed by atoms with Gasteiger partial charge in [-0.3, -0.25) is 0 Å². The van der Waals surface area contributed by atoms with Crippen LogP contribution in [0, 0.1) is 11.7 Å². The number of rotatable bonds is 6. The van der Waals surface area contributed by atoms with Crippen LogP contribution in [0.3, 0.4) is 0 Å². The van der Waals surface area contributed by atoms with E-state index >= 15 is 0 Å². The van der Waals surface area contributed by atoms with Crippen LogP contribution in [0.5, 0.6) is 0 Å². The van der Waals surface area contributed by atoms with Gasteiger partial charge in [-0.25, -0.2) is 4.39 Å². The van der Waals surface area contributed by atoms with Crippen LogP contribution in [-0.2, 0) is 0 Å². The van der Waals surface area contributed by atoms with E-state index in [0.29, 0.717) is 6.54 Å². The number of hydrogen-bond donors (Lipinski definition) is 1. The molecule has 0 radical (unpaired) electrons. The van der Waals surface area contributed by atoms with Crippen LogP contribution >= 0.6 is 0 Å². The molecule has 0 amide bonds. The van der Waals surface area contributed by atoms with Gasteiger partial charge in [-0.1, -0.05) is 12.8 Å². The van der Waals surface area contributed by atoms with E-state index in [1.807, 2.05) is 12.1 Å². The number of nitrogens with zero attached hydrogens (tertiary/aromatic N) is 1. The van der Waals surface area contributed by atoms with Gasteiger partial charge < -0.3 is 10.6 Å². The topological polar surface area (TPSA) is 29.3 Å². The van der Waals surface area contributed by atoms with E-state index in [9.17, 15) is 4.39 Å². The second-order valence-electron chi connectivity index (χ2n) is 5.22. The van der Waals surface area contributed by atoms with Crippen LogP contribution in [-0.4, -0.2) is 19.6 Å². The summed E-state index contributed by atoms with van der Waals surface area (Å²) in [5.41, 5.74) is 6.72. The van der Waals surface area contributed by atoms with Gasteiger partial charge in [0.25, 0.3) is 0 Å². The molecule has 1 aliphatic carbocycles. The molecule has 0 spiro atoms. The number of anilines is 1. The van der Waals surface area contributed by atoms with Crippen LogP contribution < -0.4 is 10.6 Å². The number of halogens is 1. The number of benzene rings is 1. The van der Waals surface area contributed by atoms with Gasteiger partial charge in [0.1, 0.15) is 5.82 Å². The van der Waals surface area contributed by atoms with Crippen molar-refractivity contribution in [2.24, 2.45) is 11.7 Å². The highest BCUT2D eigenvalue weighted by Crippen LogP contribution is 2.27. The van der Waals surface area contributed by atoms with Gasteiger partial charge in [0.05, 0.1) is 0 Å². The molecule has 1 fully saturated rings. The summed E-state index contributed by atoms with van der Waals surface area (Å²) in [6.45, 7) is 2.77. The fraction of sp³-hybridized carbons (Fsp3) is 0.600. The Morgan fingerprint density at radius 2 is 1.83 bits per heavy atom. The Hall–Kier alpha value is -1.09. The van der Waals surface area contributed by atoms with Gasteiger partial charge in [-0.05, 0) is 56.0 Å². The summed E-state index contributed by atoms with van der Waals surface area (Å²) in [6, 6.07) is 6.83. The molecular formula is C15H23FN2. The first kappa shape index (κ1) is 13.3. The third kappa shape index (κ3) is 3.70. The quantitative estimate of drug-likeness (QED) is 0.840. The summed E-state index contributed by atoms with van der Waals surface area (Å²) in [4.78, 5) is 2.36. The first-order valence-corrected chi connectivity index (χ1v) is 7.00. The van der Waals surface area contributed by atoms with Crippen molar-refractivity contribution in [2.75, 3.05) is 24.5 Å². The minimum absolute atomic E-state index is 0.168. The maximum absolute atomic E-state index is 13.0. The third-order valence-corrected chi connectivity index (χ3v) is 3.78. The summed E-state index contributed by atoms with van der Waals surface area (Å²) in [6.07, 6.45) is 6.38. The Kier molecular flexibility index (Phi) is 5.00. The van der Waals surface area contributed by atoms with Crippen LogP contribution in [0.1, 0.15) is 32.1 Å². The highest BCUT2D eigenvalue weighted by atomic mass is 19.1. The van der Waals surface area contributed by atoms with Crippen molar-refractivity contribution in [3.8, 4) is 0 Å². The zero-order valence-electron chi connectivity index (χ0n) is 10.9. The van der Waals surface area contributed by atoms with E-state index in [1.165, 1.54) is 25.7 Å². The zero-order valence-corrected chi connectivity index (χ0v) is 10.9. The van der Waals surface area contributed by atoms with E-state index in [0.717, 1.165) is 31.1 Å². The van der Waals surface area contributed by atoms with Gasteiger partial charge in [0.2, 0.25) is 0 Å². The van der Waals surface area contributed by atoms with Gasteiger partial charge in [-0.15, -0.1) is 0 Å². The Morgan fingerprint density at radius 1 is 1.17 bits per heavy atom. The average Bonchev–Trinajstić information content (AvgIpc) is 2.88. The first-order valence-electron chi connectivity index (χ1n) is 7.00. The van der Waals surface area contributed by atoms with E-state index in [2.05, 4.69) is 4.90 Å². The van der Waals surface area contributed by atoms with E-state index < -0.39 is 0 Å². The molecule has 2 rings (SSSR count). The molecule has 0 bridgehead atoms. The van der Waals surface area contributed by atoms with Gasteiger partial charge in [0.15, 0.2) is 0 Å². The van der Waals surface area contributed by atoms with Crippen molar-refractivity contribution in [3.63, 3.8) is 0 Å². The van der Waals surface area contributed by atoms with Crippen molar-refractivity contribution in [1.29, 1.82) is 0 Å². The standard InChI is InChI=1S/C15H23FN2/c16-14-6-8-15(9-7-14)18(11-3-10-17)12-13-4-1-2-5-13/h6-9,13H,1-5,10-12,17H2. The lowest BCUT2D eigenvalue weighted by atomic mass is 10.1. The zero-order chi connectivity index (χ0) is 12.8. The normalized spacial score (nSPS) is 16.1. The van der Waals surface area contributed by atoms with Crippen molar-refractivity contribution in [3.05, 3.63) is 30.1 Å². The summed E-state index contributed by atoms with van der Waals surface area (Å²) >= 11 is 0. The number of hydrogen-bond acceptors (Lipinski definition) is 2. The minimum Gasteiger partial charge on any atom is -0.371 e. The molecule has 0 aliphatic heterocycles. The van der Waals surface area contributed by atoms with Crippen molar-refractivity contribution >= 4 is 5.69 Å². The van der Waals surface area contributed by atoms with Crippen LogP contribution in [0.15, 0.2) is 24.3 Å². The molecular weight excluding hydrogens is 227 g/mol. The van der Waals surface area contributed by atoms with Gasteiger partial charge in [0, 0.05) is 18.8 Å². The summed E-state index contributed by atoms with van der Waals surface area (Å²) in [5.74, 6) is 0.631. The molecule has 0 aromatic heterocycles. The molecule has 0 saturated heterocycles. The molecule has 0 heterocycles. The Bertz CT molecular complexity index is 344. The highest BCUT2D eigenvalue weighted by molar-refractivity contribution is 5.46. The lowest BCUT2D eigenvalue weighted by Gasteiger charge is -2.27. The lowest BCUT2D eigenvalue weighted by Crippen LogP contribution is -2.30. The maximum atomic E-state index is 13.0. The average molecular weight is 250 g/mol. The molecule has 100 valence electrons. The largest absolute Gasteiger partial charge is 0.371 e. The van der Waals surface area contributed by atoms with Crippen LogP contribution in [0.2, 0.25) is 0 Å². The van der Waals surface area contributed by atoms with Gasteiger partial charge in [-0.2, -0.15) is 0 Å². The molecule has 1 saturated carbocycles. The summed E-state index contributed by atoms with van der Waals surface area (Å²) in [7, 11) is 0. The fourth-order valence-corrected chi connectivity index (χ4v) is 2.76. The maximum Gasteiger partial charge on any atom is 0.123 e. The van der Waals surface area contributed by atoms with Gasteiger partial charge >= 0.3 is 0 Å². The molecule has 1 aromatic carbocycles. The fourth-order valence-electron chi connectivity index (χ4n) is 2.76. The molecule has 0 unspecified atom stereocenters. The Balaban J connectivity index is 2.00. The van der Waals surface area contributed by atoms with E-state index in [4.69, 9.17) is 5.73 Å². The highest BCUT2D eigenvalue weighted by Gasteiger charge is 2.18. The smallest absolute Gasteiger partial charge is 0.123 e. The number of nitrogens with two attached hydrogens (primary N) is 1.